The molecule has 17 heavy (non-hydrogen) atoms. The highest BCUT2D eigenvalue weighted by Crippen LogP contribution is 2.32. The Kier molecular flexibility index (Phi) is 2.57. The van der Waals surface area contributed by atoms with Gasteiger partial charge in [-0.15, -0.1) is 0 Å². The smallest absolute Gasteiger partial charge is 0.273 e. The van der Waals surface area contributed by atoms with Gasteiger partial charge in [0.1, 0.15) is 11.1 Å². The second-order valence-electron chi connectivity index (χ2n) is 4.31. The molecule has 0 spiro atoms. The van der Waals surface area contributed by atoms with Crippen molar-refractivity contribution >= 4 is 21.8 Å². The SMILES string of the molecule is O=C(NC1CC1)c1nn2c(c1Br)OCC(F)C2. The average molecular weight is 304 g/mol. The summed E-state index contributed by atoms with van der Waals surface area (Å²) >= 11 is 3.28. The molecule has 3 rings (SSSR count). The molecule has 5 nitrogen and oxygen atoms in total. The quantitative estimate of drug-likeness (QED) is 0.895. The molecular formula is C10H11BrFN3O2. The van der Waals surface area contributed by atoms with E-state index in [4.69, 9.17) is 4.74 Å². The van der Waals surface area contributed by atoms with Gasteiger partial charge in [0.05, 0.1) is 6.54 Å². The van der Waals surface area contributed by atoms with Gasteiger partial charge in [-0.1, -0.05) is 0 Å². The first-order valence-corrected chi connectivity index (χ1v) is 6.28. The molecule has 2 heterocycles. The van der Waals surface area contributed by atoms with E-state index in [0.717, 1.165) is 12.8 Å². The third-order valence-electron chi connectivity index (χ3n) is 2.75. The van der Waals surface area contributed by atoms with Crippen molar-refractivity contribution in [2.75, 3.05) is 6.61 Å². The van der Waals surface area contributed by atoms with Gasteiger partial charge in [-0.05, 0) is 28.8 Å². The van der Waals surface area contributed by atoms with Gasteiger partial charge in [-0.25, -0.2) is 9.07 Å². The Labute approximate surface area is 105 Å². The molecule has 0 saturated heterocycles. The summed E-state index contributed by atoms with van der Waals surface area (Å²) in [5.74, 6) is 0.195. The van der Waals surface area contributed by atoms with E-state index in [9.17, 15) is 9.18 Å². The molecule has 1 N–H and O–H groups in total. The molecule has 1 atom stereocenters. The van der Waals surface area contributed by atoms with Crippen molar-refractivity contribution in [2.45, 2.75) is 31.6 Å². The number of nitrogens with zero attached hydrogens (tertiary/aromatic N) is 2. The van der Waals surface area contributed by atoms with Crippen molar-refractivity contribution in [3.63, 3.8) is 0 Å². The number of halogens is 2. The molecule has 7 heteroatoms. The van der Waals surface area contributed by atoms with E-state index < -0.39 is 6.17 Å². The molecule has 0 bridgehead atoms. The lowest BCUT2D eigenvalue weighted by Gasteiger charge is -2.18. The molecule has 92 valence electrons. The van der Waals surface area contributed by atoms with Crippen LogP contribution in [-0.2, 0) is 6.54 Å². The largest absolute Gasteiger partial charge is 0.474 e. The van der Waals surface area contributed by atoms with Crippen molar-refractivity contribution in [1.82, 2.24) is 15.1 Å². The predicted octanol–water partition coefficient (Wildman–Crippen LogP) is 1.27. The minimum atomic E-state index is -1.08. The summed E-state index contributed by atoms with van der Waals surface area (Å²) in [7, 11) is 0. The van der Waals surface area contributed by atoms with Crippen LogP contribution in [0.5, 0.6) is 5.88 Å². The number of carbonyl (C=O) groups excluding carboxylic acids is 1. The third-order valence-corrected chi connectivity index (χ3v) is 3.47. The molecule has 0 aromatic carbocycles. The summed E-state index contributed by atoms with van der Waals surface area (Å²) in [5.41, 5.74) is 0.265. The summed E-state index contributed by atoms with van der Waals surface area (Å²) in [5, 5.41) is 6.91. The van der Waals surface area contributed by atoms with E-state index in [2.05, 4.69) is 26.3 Å². The predicted molar refractivity (Wildman–Crippen MR) is 60.8 cm³/mol. The Bertz CT molecular complexity index is 472. The number of fused-ring (bicyclic) bond motifs is 1. The topological polar surface area (TPSA) is 56.2 Å². The lowest BCUT2D eigenvalue weighted by Crippen LogP contribution is -2.27. The lowest BCUT2D eigenvalue weighted by atomic mass is 10.3. The third kappa shape index (κ3) is 2.03. The molecule has 1 aromatic rings. The van der Waals surface area contributed by atoms with E-state index in [0.29, 0.717) is 10.4 Å². The number of amides is 1. The van der Waals surface area contributed by atoms with Crippen LogP contribution in [0.3, 0.4) is 0 Å². The van der Waals surface area contributed by atoms with Crippen LogP contribution >= 0.6 is 15.9 Å². The summed E-state index contributed by atoms with van der Waals surface area (Å²) in [6.07, 6.45) is 0.952. The number of hydrogen-bond acceptors (Lipinski definition) is 3. The number of alkyl halides is 1. The van der Waals surface area contributed by atoms with Gasteiger partial charge in [0, 0.05) is 6.04 Å². The first-order valence-electron chi connectivity index (χ1n) is 5.49. The molecule has 1 aliphatic heterocycles. The maximum atomic E-state index is 13.1. The number of aromatic nitrogens is 2. The number of carbonyl (C=O) groups is 1. The molecule has 1 aliphatic carbocycles. The number of ether oxygens (including phenoxy) is 1. The highest BCUT2D eigenvalue weighted by molar-refractivity contribution is 9.10. The first-order chi connectivity index (χ1) is 8.15. The van der Waals surface area contributed by atoms with Gasteiger partial charge in [-0.3, -0.25) is 4.79 Å². The molecule has 1 amide bonds. The fourth-order valence-electron chi connectivity index (χ4n) is 1.72. The summed E-state index contributed by atoms with van der Waals surface area (Å²) < 4.78 is 20.2. The summed E-state index contributed by atoms with van der Waals surface area (Å²) in [4.78, 5) is 11.8. The average Bonchev–Trinajstić information content (AvgIpc) is 3.03. The van der Waals surface area contributed by atoms with Gasteiger partial charge in [0.15, 0.2) is 11.9 Å². The highest BCUT2D eigenvalue weighted by Gasteiger charge is 2.30. The Morgan fingerprint density at radius 2 is 2.35 bits per heavy atom. The van der Waals surface area contributed by atoms with Crippen LogP contribution < -0.4 is 10.1 Å². The highest BCUT2D eigenvalue weighted by atomic mass is 79.9. The zero-order valence-corrected chi connectivity index (χ0v) is 10.5. The molecule has 1 fully saturated rings. The molecule has 0 radical (unpaired) electrons. The minimum absolute atomic E-state index is 0.00791. The molecule has 1 unspecified atom stereocenters. The van der Waals surface area contributed by atoms with Crippen LogP contribution in [0.15, 0.2) is 4.47 Å². The van der Waals surface area contributed by atoms with Crippen molar-refractivity contribution in [1.29, 1.82) is 0 Å². The maximum Gasteiger partial charge on any atom is 0.273 e. The van der Waals surface area contributed by atoms with E-state index >= 15 is 0 Å². The Balaban J connectivity index is 1.87. The van der Waals surface area contributed by atoms with E-state index in [1.54, 1.807) is 0 Å². The Morgan fingerprint density at radius 1 is 1.59 bits per heavy atom. The van der Waals surface area contributed by atoms with Crippen molar-refractivity contribution in [2.24, 2.45) is 0 Å². The molecular weight excluding hydrogens is 293 g/mol. The maximum absolute atomic E-state index is 13.1. The Morgan fingerprint density at radius 3 is 3.06 bits per heavy atom. The number of hydrogen-bond donors (Lipinski definition) is 1. The standard InChI is InChI=1S/C10H11BrFN3O2/c11-7-8(9(16)13-6-1-2-6)14-15-3-5(12)4-17-10(7)15/h5-6H,1-4H2,(H,13,16). The van der Waals surface area contributed by atoms with Gasteiger partial charge in [0.2, 0.25) is 5.88 Å². The number of rotatable bonds is 2. The zero-order chi connectivity index (χ0) is 12.0. The van der Waals surface area contributed by atoms with E-state index in [1.807, 2.05) is 0 Å². The second-order valence-corrected chi connectivity index (χ2v) is 5.10. The lowest BCUT2D eigenvalue weighted by molar-refractivity contribution is 0.0943. The fraction of sp³-hybridized carbons (Fsp3) is 0.600. The van der Waals surface area contributed by atoms with Crippen LogP contribution in [0, 0.1) is 0 Å². The monoisotopic (exact) mass is 303 g/mol. The van der Waals surface area contributed by atoms with Crippen LogP contribution in [0.4, 0.5) is 4.39 Å². The van der Waals surface area contributed by atoms with Crippen molar-refractivity contribution in [3.8, 4) is 5.88 Å². The van der Waals surface area contributed by atoms with Gasteiger partial charge < -0.3 is 10.1 Å². The first kappa shape index (κ1) is 11.0. The van der Waals surface area contributed by atoms with Gasteiger partial charge in [0.25, 0.3) is 5.91 Å². The van der Waals surface area contributed by atoms with E-state index in [1.165, 1.54) is 4.68 Å². The Hall–Kier alpha value is -1.11. The number of nitrogens with one attached hydrogen (secondary N) is 1. The van der Waals surface area contributed by atoms with Crippen LogP contribution in [-0.4, -0.2) is 34.5 Å². The van der Waals surface area contributed by atoms with Gasteiger partial charge >= 0.3 is 0 Å². The van der Waals surface area contributed by atoms with E-state index in [-0.39, 0.29) is 30.8 Å². The summed E-state index contributed by atoms with van der Waals surface area (Å²) in [6, 6.07) is 0.267. The normalized spacial score (nSPS) is 22.8. The van der Waals surface area contributed by atoms with Crippen molar-refractivity contribution < 1.29 is 13.9 Å². The molecule has 1 saturated carbocycles. The minimum Gasteiger partial charge on any atom is -0.474 e. The second kappa shape index (κ2) is 3.97. The van der Waals surface area contributed by atoms with Crippen LogP contribution in [0.2, 0.25) is 0 Å². The van der Waals surface area contributed by atoms with Crippen molar-refractivity contribution in [3.05, 3.63) is 10.2 Å². The fourth-order valence-corrected chi connectivity index (χ4v) is 2.30. The zero-order valence-electron chi connectivity index (χ0n) is 8.95. The molecule has 1 aromatic heterocycles. The van der Waals surface area contributed by atoms with Crippen LogP contribution in [0.1, 0.15) is 23.3 Å². The van der Waals surface area contributed by atoms with Crippen LogP contribution in [0.25, 0.3) is 0 Å². The van der Waals surface area contributed by atoms with Gasteiger partial charge in [-0.2, -0.15) is 5.10 Å². The molecule has 2 aliphatic rings. The summed E-state index contributed by atoms with van der Waals surface area (Å²) in [6.45, 7) is 0.138.